The third-order valence-electron chi connectivity index (χ3n) is 2.95. The van der Waals surface area contributed by atoms with Gasteiger partial charge in [0.25, 0.3) is 5.91 Å². The highest BCUT2D eigenvalue weighted by atomic mass is 79.9. The molecule has 0 unspecified atom stereocenters. The van der Waals surface area contributed by atoms with Gasteiger partial charge in [0.15, 0.2) is 0 Å². The molecule has 0 aliphatic rings. The zero-order chi connectivity index (χ0) is 16.8. The van der Waals surface area contributed by atoms with Gasteiger partial charge in [-0.3, -0.25) is 4.79 Å². The lowest BCUT2D eigenvalue weighted by Crippen LogP contribution is -2.13. The summed E-state index contributed by atoms with van der Waals surface area (Å²) < 4.78 is 18.5. The first-order chi connectivity index (χ1) is 11.0. The van der Waals surface area contributed by atoms with Crippen LogP contribution in [0.2, 0.25) is 0 Å². The molecule has 0 aliphatic carbocycles. The van der Waals surface area contributed by atoms with Gasteiger partial charge in [0, 0.05) is 11.8 Å². The van der Waals surface area contributed by atoms with Crippen molar-refractivity contribution in [1.82, 2.24) is 0 Å². The van der Waals surface area contributed by atoms with E-state index >= 15 is 0 Å². The molecule has 0 spiro atoms. The summed E-state index contributed by atoms with van der Waals surface area (Å²) in [5.41, 5.74) is 0.956. The Balaban J connectivity index is 2.22. The lowest BCUT2D eigenvalue weighted by Gasteiger charge is -2.06. The quantitative estimate of drug-likeness (QED) is 0.645. The van der Waals surface area contributed by atoms with Crippen molar-refractivity contribution in [3.63, 3.8) is 0 Å². The van der Waals surface area contributed by atoms with Crippen molar-refractivity contribution in [3.05, 3.63) is 63.9 Å². The number of ether oxygens (including phenoxy) is 1. The van der Waals surface area contributed by atoms with Crippen molar-refractivity contribution in [3.8, 4) is 11.8 Å². The molecule has 0 radical (unpaired) electrons. The summed E-state index contributed by atoms with van der Waals surface area (Å²) >= 11 is 3.06. The minimum absolute atomic E-state index is 0.0914. The highest BCUT2D eigenvalue weighted by molar-refractivity contribution is 9.10. The average molecular weight is 375 g/mol. The molecule has 0 atom stereocenters. The van der Waals surface area contributed by atoms with E-state index in [9.17, 15) is 14.4 Å². The Morgan fingerprint density at radius 2 is 2.13 bits per heavy atom. The Morgan fingerprint density at radius 3 is 2.78 bits per heavy atom. The Hall–Kier alpha value is -2.65. The van der Waals surface area contributed by atoms with Gasteiger partial charge >= 0.3 is 0 Å². The first kappa shape index (κ1) is 16.7. The van der Waals surface area contributed by atoms with Crippen LogP contribution >= 0.6 is 15.9 Å². The number of carbonyl (C=O) groups is 1. The maximum absolute atomic E-state index is 13.2. The fourth-order valence-electron chi connectivity index (χ4n) is 1.82. The van der Waals surface area contributed by atoms with E-state index in [1.54, 1.807) is 24.3 Å². The molecule has 0 aliphatic heterocycles. The molecule has 6 heteroatoms. The zero-order valence-corrected chi connectivity index (χ0v) is 13.7. The number of amides is 1. The van der Waals surface area contributed by atoms with Gasteiger partial charge < -0.3 is 10.1 Å². The highest BCUT2D eigenvalue weighted by Crippen LogP contribution is 2.20. The molecular weight excluding hydrogens is 363 g/mol. The Labute approximate surface area is 141 Å². The number of benzene rings is 2. The molecule has 1 amide bonds. The molecule has 0 fully saturated rings. The maximum Gasteiger partial charge on any atom is 0.266 e. The summed E-state index contributed by atoms with van der Waals surface area (Å²) in [4.78, 5) is 12.2. The Bertz CT molecular complexity index is 812. The van der Waals surface area contributed by atoms with Gasteiger partial charge in [0.2, 0.25) is 0 Å². The fourth-order valence-corrected chi connectivity index (χ4v) is 2.21. The molecule has 0 bridgehead atoms. The molecule has 0 saturated heterocycles. The van der Waals surface area contributed by atoms with E-state index in [-0.39, 0.29) is 10.0 Å². The van der Waals surface area contributed by atoms with Crippen LogP contribution in [0.4, 0.5) is 10.1 Å². The van der Waals surface area contributed by atoms with Gasteiger partial charge in [-0.1, -0.05) is 12.1 Å². The second kappa shape index (κ2) is 7.56. The van der Waals surface area contributed by atoms with Gasteiger partial charge in [-0.15, -0.1) is 0 Å². The predicted octanol–water partition coefficient (Wildman–Crippen LogP) is 4.14. The van der Waals surface area contributed by atoms with Gasteiger partial charge in [0.1, 0.15) is 23.2 Å². The van der Waals surface area contributed by atoms with E-state index in [1.165, 1.54) is 31.4 Å². The number of hydrogen-bond donors (Lipinski definition) is 1. The monoisotopic (exact) mass is 374 g/mol. The second-order valence-corrected chi connectivity index (χ2v) is 5.38. The van der Waals surface area contributed by atoms with Gasteiger partial charge in [0.05, 0.1) is 11.6 Å². The maximum atomic E-state index is 13.2. The number of nitriles is 1. The minimum Gasteiger partial charge on any atom is -0.497 e. The normalized spacial score (nSPS) is 10.8. The van der Waals surface area contributed by atoms with Crippen LogP contribution in [0.15, 0.2) is 52.5 Å². The SMILES string of the molecule is COc1cccc(NC(=O)/C(C#N)=C/c2ccc(F)c(Br)c2)c1. The van der Waals surface area contributed by atoms with Crippen LogP contribution in [0.5, 0.6) is 5.75 Å². The van der Waals surface area contributed by atoms with Crippen LogP contribution in [0.25, 0.3) is 6.08 Å². The number of nitrogens with one attached hydrogen (secondary N) is 1. The third kappa shape index (κ3) is 4.41. The van der Waals surface area contributed by atoms with Crippen molar-refractivity contribution >= 4 is 33.6 Å². The molecule has 116 valence electrons. The van der Waals surface area contributed by atoms with Crippen LogP contribution < -0.4 is 10.1 Å². The van der Waals surface area contributed by atoms with Crippen LogP contribution in [-0.2, 0) is 4.79 Å². The average Bonchev–Trinajstić information content (AvgIpc) is 2.55. The minimum atomic E-state index is -0.554. The van der Waals surface area contributed by atoms with Crippen LogP contribution in [-0.4, -0.2) is 13.0 Å². The van der Waals surface area contributed by atoms with Crippen molar-refractivity contribution in [2.75, 3.05) is 12.4 Å². The van der Waals surface area contributed by atoms with E-state index in [1.807, 2.05) is 6.07 Å². The summed E-state index contributed by atoms with van der Waals surface area (Å²) in [7, 11) is 1.52. The fraction of sp³-hybridized carbons (Fsp3) is 0.0588. The van der Waals surface area contributed by atoms with Crippen molar-refractivity contribution in [2.45, 2.75) is 0 Å². The van der Waals surface area contributed by atoms with Gasteiger partial charge in [-0.25, -0.2) is 4.39 Å². The molecule has 0 aromatic heterocycles. The Morgan fingerprint density at radius 1 is 1.35 bits per heavy atom. The van der Waals surface area contributed by atoms with E-state index < -0.39 is 11.7 Å². The molecular formula is C17H12BrFN2O2. The van der Waals surface area contributed by atoms with Gasteiger partial charge in [-0.05, 0) is 51.8 Å². The largest absolute Gasteiger partial charge is 0.497 e. The molecule has 2 aromatic rings. The molecule has 1 N–H and O–H groups in total. The van der Waals surface area contributed by atoms with E-state index in [0.29, 0.717) is 17.0 Å². The number of carbonyl (C=O) groups excluding carboxylic acids is 1. The molecule has 2 rings (SSSR count). The molecule has 0 saturated carbocycles. The number of anilines is 1. The van der Waals surface area contributed by atoms with Crippen LogP contribution in [0, 0.1) is 17.1 Å². The molecule has 2 aromatic carbocycles. The van der Waals surface area contributed by atoms with Crippen LogP contribution in [0.1, 0.15) is 5.56 Å². The number of rotatable bonds is 4. The number of hydrogen-bond acceptors (Lipinski definition) is 3. The summed E-state index contributed by atoms with van der Waals surface area (Å²) in [5, 5.41) is 11.8. The molecule has 23 heavy (non-hydrogen) atoms. The summed E-state index contributed by atoms with van der Waals surface area (Å²) in [6.07, 6.45) is 1.39. The summed E-state index contributed by atoms with van der Waals surface area (Å²) in [6.45, 7) is 0. The van der Waals surface area contributed by atoms with E-state index in [4.69, 9.17) is 4.74 Å². The first-order valence-corrected chi connectivity index (χ1v) is 7.35. The molecule has 4 nitrogen and oxygen atoms in total. The molecule has 0 heterocycles. The summed E-state index contributed by atoms with van der Waals surface area (Å²) in [5.74, 6) is -0.379. The van der Waals surface area contributed by atoms with Crippen LogP contribution in [0.3, 0.4) is 0 Å². The third-order valence-corrected chi connectivity index (χ3v) is 3.56. The zero-order valence-electron chi connectivity index (χ0n) is 12.1. The Kier molecular flexibility index (Phi) is 5.50. The predicted molar refractivity (Wildman–Crippen MR) is 89.3 cm³/mol. The lowest BCUT2D eigenvalue weighted by molar-refractivity contribution is -0.112. The highest BCUT2D eigenvalue weighted by Gasteiger charge is 2.10. The topological polar surface area (TPSA) is 62.1 Å². The van der Waals surface area contributed by atoms with E-state index in [2.05, 4.69) is 21.2 Å². The lowest BCUT2D eigenvalue weighted by atomic mass is 10.1. The number of halogens is 2. The van der Waals surface area contributed by atoms with Crippen molar-refractivity contribution in [1.29, 1.82) is 5.26 Å². The number of methoxy groups -OCH3 is 1. The summed E-state index contributed by atoms with van der Waals surface area (Å²) in [6, 6.07) is 12.9. The van der Waals surface area contributed by atoms with Crippen molar-refractivity contribution < 1.29 is 13.9 Å². The van der Waals surface area contributed by atoms with Crippen molar-refractivity contribution in [2.24, 2.45) is 0 Å². The van der Waals surface area contributed by atoms with E-state index in [0.717, 1.165) is 0 Å². The smallest absolute Gasteiger partial charge is 0.266 e. The second-order valence-electron chi connectivity index (χ2n) is 4.53. The first-order valence-electron chi connectivity index (χ1n) is 6.55. The standard InChI is InChI=1S/C17H12BrFN2O2/c1-23-14-4-2-3-13(9-14)21-17(22)12(10-20)7-11-5-6-16(19)15(18)8-11/h2-9H,1H3,(H,21,22)/b12-7+. The number of nitrogens with zero attached hydrogens (tertiary/aromatic N) is 1. The van der Waals surface area contributed by atoms with Gasteiger partial charge in [-0.2, -0.15) is 5.26 Å².